The molecule has 2 aromatic carbocycles. The zero-order valence-electron chi connectivity index (χ0n) is 14.6. The highest BCUT2D eigenvalue weighted by Gasteiger charge is 2.17. The number of carbonyl (C=O) groups excluding carboxylic acids is 1. The molecular weight excluding hydrogens is 332 g/mol. The van der Waals surface area contributed by atoms with Crippen LogP contribution in [0.25, 0.3) is 16.8 Å². The van der Waals surface area contributed by atoms with Gasteiger partial charge < -0.3 is 10.1 Å². The fourth-order valence-electron chi connectivity index (χ4n) is 2.65. The van der Waals surface area contributed by atoms with Gasteiger partial charge in [0.25, 0.3) is 0 Å². The molecule has 1 atom stereocenters. The van der Waals surface area contributed by atoms with Crippen LogP contribution in [0, 0.1) is 0 Å². The van der Waals surface area contributed by atoms with E-state index in [1.807, 2.05) is 36.4 Å². The van der Waals surface area contributed by atoms with Crippen LogP contribution in [0.15, 0.2) is 59.4 Å². The largest absolute Gasteiger partial charge is 0.493 e. The number of ether oxygens (including phenoxy) is 1. The van der Waals surface area contributed by atoms with Crippen molar-refractivity contribution in [3.05, 3.63) is 70.4 Å². The van der Waals surface area contributed by atoms with Crippen LogP contribution < -0.4 is 21.0 Å². The third-order valence-corrected chi connectivity index (χ3v) is 4.05. The Morgan fingerprint density at radius 1 is 1.08 bits per heavy atom. The van der Waals surface area contributed by atoms with Crippen LogP contribution in [0.3, 0.4) is 0 Å². The van der Waals surface area contributed by atoms with Gasteiger partial charge in [0.1, 0.15) is 6.10 Å². The molecule has 1 amide bonds. The van der Waals surface area contributed by atoms with E-state index in [-0.39, 0.29) is 17.4 Å². The molecule has 1 aliphatic heterocycles. The van der Waals surface area contributed by atoms with Gasteiger partial charge in [0.15, 0.2) is 5.75 Å². The molecule has 0 aromatic heterocycles. The summed E-state index contributed by atoms with van der Waals surface area (Å²) in [4.78, 5) is 28.2. The molecule has 2 aromatic rings. The first kappa shape index (κ1) is 17.7. The molecule has 26 heavy (non-hydrogen) atoms. The van der Waals surface area contributed by atoms with Gasteiger partial charge in [0.05, 0.1) is 19.4 Å². The van der Waals surface area contributed by atoms with E-state index in [4.69, 9.17) is 9.57 Å². The molecule has 134 valence electrons. The molecule has 2 N–H and O–H groups in total. The molecule has 0 aliphatic carbocycles. The van der Waals surface area contributed by atoms with Gasteiger partial charge in [-0.2, -0.15) is 0 Å². The first-order valence-corrected chi connectivity index (χ1v) is 8.24. The lowest BCUT2D eigenvalue weighted by Gasteiger charge is -2.07. The highest BCUT2D eigenvalue weighted by atomic mass is 16.7. The molecule has 3 rings (SSSR count). The van der Waals surface area contributed by atoms with Crippen LogP contribution in [0.1, 0.15) is 12.5 Å². The summed E-state index contributed by atoms with van der Waals surface area (Å²) in [5.41, 5.74) is 6.47. The van der Waals surface area contributed by atoms with E-state index < -0.39 is 0 Å². The molecule has 0 saturated heterocycles. The van der Waals surface area contributed by atoms with E-state index >= 15 is 0 Å². The summed E-state index contributed by atoms with van der Waals surface area (Å²) >= 11 is 0. The molecule has 0 saturated carbocycles. The average Bonchev–Trinajstić information content (AvgIpc) is 3.04. The highest BCUT2D eigenvalue weighted by Crippen LogP contribution is 2.23. The smallest absolute Gasteiger partial charge is 0.220 e. The Morgan fingerprint density at radius 2 is 1.69 bits per heavy atom. The lowest BCUT2D eigenvalue weighted by Crippen LogP contribution is -2.30. The minimum Gasteiger partial charge on any atom is -0.493 e. The van der Waals surface area contributed by atoms with Gasteiger partial charge in [-0.05, 0) is 34.9 Å². The van der Waals surface area contributed by atoms with Gasteiger partial charge in [0, 0.05) is 6.92 Å². The number of benzene rings is 1. The van der Waals surface area contributed by atoms with Crippen molar-refractivity contribution in [2.24, 2.45) is 0 Å². The molecule has 0 fully saturated rings. The van der Waals surface area contributed by atoms with E-state index in [0.29, 0.717) is 12.3 Å². The molecule has 1 aliphatic rings. The number of hydrogen-bond donors (Lipinski definition) is 2. The Hall–Kier alpha value is -3.12. The zero-order valence-corrected chi connectivity index (χ0v) is 14.6. The normalized spacial score (nSPS) is 15.8. The van der Waals surface area contributed by atoms with Gasteiger partial charge in [-0.3, -0.25) is 19.9 Å². The SMILES string of the molecule is COc1ccc(-c2ccc(C3=CC(CNC(C)=O)ON3)cc2)ccc1=O. The van der Waals surface area contributed by atoms with Gasteiger partial charge in [0.2, 0.25) is 11.3 Å². The summed E-state index contributed by atoms with van der Waals surface area (Å²) in [5.74, 6) is 0.226. The standard InChI is InChI=1S/C20H20N2O4/c1-13(23)21-12-17-11-18(22-26-17)16-5-3-14(4-6-16)15-7-9-19(24)20(25-2)10-8-15/h3-11,17,22H,12H2,1-2H3,(H,21,23). The second-order valence-electron chi connectivity index (χ2n) is 5.91. The fraction of sp³-hybridized carbons (Fsp3) is 0.200. The lowest BCUT2D eigenvalue weighted by atomic mass is 10.0. The molecule has 6 heteroatoms. The van der Waals surface area contributed by atoms with Crippen LogP contribution in [0.5, 0.6) is 5.75 Å². The predicted octanol–water partition coefficient (Wildman–Crippen LogP) is 2.10. The minimum absolute atomic E-state index is 0.0892. The Labute approximate surface area is 151 Å². The summed E-state index contributed by atoms with van der Waals surface area (Å²) in [6.45, 7) is 1.89. The van der Waals surface area contributed by atoms with E-state index in [2.05, 4.69) is 10.8 Å². The molecule has 1 unspecified atom stereocenters. The van der Waals surface area contributed by atoms with Crippen molar-refractivity contribution in [2.45, 2.75) is 13.0 Å². The topological polar surface area (TPSA) is 76.7 Å². The van der Waals surface area contributed by atoms with Crippen LogP contribution in [0.2, 0.25) is 0 Å². The third-order valence-electron chi connectivity index (χ3n) is 4.05. The number of hydrogen-bond acceptors (Lipinski definition) is 5. The Bertz CT molecular complexity index is 891. The molecule has 0 radical (unpaired) electrons. The molecule has 0 spiro atoms. The van der Waals surface area contributed by atoms with Crippen molar-refractivity contribution in [1.29, 1.82) is 0 Å². The van der Waals surface area contributed by atoms with Gasteiger partial charge in [-0.1, -0.05) is 36.4 Å². The van der Waals surface area contributed by atoms with Crippen molar-refractivity contribution in [2.75, 3.05) is 13.7 Å². The van der Waals surface area contributed by atoms with Crippen molar-refractivity contribution >= 4 is 11.6 Å². The third kappa shape index (κ3) is 4.10. The quantitative estimate of drug-likeness (QED) is 0.862. The fourth-order valence-corrected chi connectivity index (χ4v) is 2.65. The Kier molecular flexibility index (Phi) is 5.34. The van der Waals surface area contributed by atoms with Gasteiger partial charge in [-0.15, -0.1) is 0 Å². The van der Waals surface area contributed by atoms with Crippen molar-refractivity contribution < 1.29 is 14.4 Å². The van der Waals surface area contributed by atoms with Crippen LogP contribution in [-0.2, 0) is 9.63 Å². The van der Waals surface area contributed by atoms with E-state index in [1.165, 1.54) is 20.1 Å². The summed E-state index contributed by atoms with van der Waals surface area (Å²) in [5, 5.41) is 2.72. The van der Waals surface area contributed by atoms with Crippen molar-refractivity contribution in [3.63, 3.8) is 0 Å². The molecule has 1 heterocycles. The summed E-state index contributed by atoms with van der Waals surface area (Å²) < 4.78 is 5.06. The minimum atomic E-state index is -0.204. The predicted molar refractivity (Wildman–Crippen MR) is 99.4 cm³/mol. The van der Waals surface area contributed by atoms with Gasteiger partial charge in [-0.25, -0.2) is 0 Å². The first-order chi connectivity index (χ1) is 12.6. The first-order valence-electron chi connectivity index (χ1n) is 8.24. The second kappa shape index (κ2) is 7.84. The summed E-state index contributed by atoms with van der Waals surface area (Å²) in [6, 6.07) is 14.7. The molecule has 0 bridgehead atoms. The van der Waals surface area contributed by atoms with E-state index in [9.17, 15) is 9.59 Å². The maximum absolute atomic E-state index is 11.8. The average molecular weight is 352 g/mol. The van der Waals surface area contributed by atoms with Crippen LogP contribution in [-0.4, -0.2) is 25.7 Å². The summed E-state index contributed by atoms with van der Waals surface area (Å²) in [7, 11) is 1.48. The highest BCUT2D eigenvalue weighted by molar-refractivity contribution is 5.73. The van der Waals surface area contributed by atoms with E-state index in [0.717, 1.165) is 22.4 Å². The second-order valence-corrected chi connectivity index (χ2v) is 5.91. The summed E-state index contributed by atoms with van der Waals surface area (Å²) in [6.07, 6.45) is 1.73. The van der Waals surface area contributed by atoms with Gasteiger partial charge >= 0.3 is 0 Å². The van der Waals surface area contributed by atoms with Crippen LogP contribution in [0.4, 0.5) is 0 Å². The van der Waals surface area contributed by atoms with E-state index in [1.54, 1.807) is 12.1 Å². The number of amides is 1. The van der Waals surface area contributed by atoms with Crippen molar-refractivity contribution in [1.82, 2.24) is 10.8 Å². The number of carbonyl (C=O) groups is 1. The Balaban J connectivity index is 1.77. The lowest BCUT2D eigenvalue weighted by molar-refractivity contribution is -0.119. The number of methoxy groups -OCH3 is 1. The number of nitrogens with one attached hydrogen (secondary N) is 2. The monoisotopic (exact) mass is 352 g/mol. The maximum Gasteiger partial charge on any atom is 0.220 e. The van der Waals surface area contributed by atoms with Crippen LogP contribution >= 0.6 is 0 Å². The number of hydroxylamine groups is 1. The molecular formula is C20H20N2O4. The Morgan fingerprint density at radius 3 is 2.35 bits per heavy atom. The zero-order chi connectivity index (χ0) is 18.5. The number of rotatable bonds is 5. The van der Waals surface area contributed by atoms with Crippen molar-refractivity contribution in [3.8, 4) is 16.9 Å². The molecule has 6 nitrogen and oxygen atoms in total. The maximum atomic E-state index is 11.8.